The predicted molar refractivity (Wildman–Crippen MR) is 85.8 cm³/mol. The SMILES string of the molecule is COc1cccc(-c2cnc3ccc(N(C)C)nc3c2)c1F. The van der Waals surface area contributed by atoms with Gasteiger partial charge in [0, 0.05) is 31.4 Å². The molecule has 0 N–H and O–H groups in total. The second-order valence-corrected chi connectivity index (χ2v) is 5.15. The van der Waals surface area contributed by atoms with E-state index in [0.717, 1.165) is 16.9 Å². The first-order valence-corrected chi connectivity index (χ1v) is 6.87. The minimum atomic E-state index is -0.394. The first-order valence-electron chi connectivity index (χ1n) is 6.87. The number of hydrogen-bond acceptors (Lipinski definition) is 4. The molecule has 112 valence electrons. The molecular formula is C17H16FN3O. The van der Waals surface area contributed by atoms with Crippen LogP contribution in [0.25, 0.3) is 22.2 Å². The molecule has 5 heteroatoms. The number of hydrogen-bond donors (Lipinski definition) is 0. The van der Waals surface area contributed by atoms with Gasteiger partial charge in [-0.15, -0.1) is 0 Å². The standard InChI is InChI=1S/C17H16FN3O/c1-21(2)16-8-7-13-14(20-16)9-11(10-19-13)12-5-4-6-15(22-3)17(12)18/h4-10H,1-3H3. The van der Waals surface area contributed by atoms with E-state index in [1.165, 1.54) is 7.11 Å². The monoisotopic (exact) mass is 297 g/mol. The number of halogens is 1. The van der Waals surface area contributed by atoms with Crippen LogP contribution in [-0.2, 0) is 0 Å². The van der Waals surface area contributed by atoms with Gasteiger partial charge in [-0.1, -0.05) is 12.1 Å². The number of benzene rings is 1. The summed E-state index contributed by atoms with van der Waals surface area (Å²) in [5, 5.41) is 0. The number of ether oxygens (including phenoxy) is 1. The molecule has 2 aromatic heterocycles. The molecule has 0 aliphatic heterocycles. The Kier molecular flexibility index (Phi) is 3.63. The Morgan fingerprint density at radius 2 is 1.91 bits per heavy atom. The van der Waals surface area contributed by atoms with E-state index in [9.17, 15) is 4.39 Å². The Morgan fingerprint density at radius 3 is 2.64 bits per heavy atom. The Balaban J connectivity index is 2.15. The number of rotatable bonds is 3. The van der Waals surface area contributed by atoms with Crippen molar-refractivity contribution in [3.63, 3.8) is 0 Å². The van der Waals surface area contributed by atoms with E-state index >= 15 is 0 Å². The maximum Gasteiger partial charge on any atom is 0.172 e. The van der Waals surface area contributed by atoms with E-state index in [2.05, 4.69) is 9.97 Å². The van der Waals surface area contributed by atoms with Crippen LogP contribution in [0.4, 0.5) is 10.2 Å². The Morgan fingerprint density at radius 1 is 1.09 bits per heavy atom. The normalized spacial score (nSPS) is 10.7. The molecule has 0 unspecified atom stereocenters. The molecule has 22 heavy (non-hydrogen) atoms. The van der Waals surface area contributed by atoms with E-state index in [0.29, 0.717) is 11.1 Å². The van der Waals surface area contributed by atoms with Crippen molar-refractivity contribution in [1.29, 1.82) is 0 Å². The summed E-state index contributed by atoms with van der Waals surface area (Å²) in [4.78, 5) is 10.8. The summed E-state index contributed by atoms with van der Waals surface area (Å²) < 4.78 is 19.4. The minimum absolute atomic E-state index is 0.215. The Hall–Kier alpha value is -2.69. The molecule has 0 saturated heterocycles. The van der Waals surface area contributed by atoms with Gasteiger partial charge < -0.3 is 9.64 Å². The van der Waals surface area contributed by atoms with E-state index < -0.39 is 5.82 Å². The molecule has 3 aromatic rings. The number of pyridine rings is 2. The van der Waals surface area contributed by atoms with Gasteiger partial charge in [-0.05, 0) is 24.3 Å². The van der Waals surface area contributed by atoms with Gasteiger partial charge in [0.2, 0.25) is 0 Å². The fourth-order valence-electron chi connectivity index (χ4n) is 2.28. The van der Waals surface area contributed by atoms with Gasteiger partial charge in [0.1, 0.15) is 5.82 Å². The predicted octanol–water partition coefficient (Wildman–Crippen LogP) is 3.51. The van der Waals surface area contributed by atoms with Crippen molar-refractivity contribution < 1.29 is 9.13 Å². The summed E-state index contributed by atoms with van der Waals surface area (Å²) in [6.45, 7) is 0. The summed E-state index contributed by atoms with van der Waals surface area (Å²) in [6, 6.07) is 10.7. The zero-order valence-electron chi connectivity index (χ0n) is 12.7. The van der Waals surface area contributed by atoms with Gasteiger partial charge >= 0.3 is 0 Å². The van der Waals surface area contributed by atoms with Crippen LogP contribution in [-0.4, -0.2) is 31.2 Å². The van der Waals surface area contributed by atoms with Gasteiger partial charge in [0.15, 0.2) is 11.6 Å². The summed E-state index contributed by atoms with van der Waals surface area (Å²) in [5.41, 5.74) is 2.63. The Bertz CT molecular complexity index is 833. The number of nitrogens with zero attached hydrogens (tertiary/aromatic N) is 3. The van der Waals surface area contributed by atoms with E-state index in [-0.39, 0.29) is 5.75 Å². The van der Waals surface area contributed by atoms with Crippen molar-refractivity contribution in [2.75, 3.05) is 26.1 Å². The van der Waals surface area contributed by atoms with Crippen LogP contribution in [0.5, 0.6) is 5.75 Å². The largest absolute Gasteiger partial charge is 0.494 e. The second-order valence-electron chi connectivity index (χ2n) is 5.15. The molecular weight excluding hydrogens is 281 g/mol. The zero-order valence-corrected chi connectivity index (χ0v) is 12.7. The molecule has 0 spiro atoms. The maximum absolute atomic E-state index is 14.4. The van der Waals surface area contributed by atoms with Crippen molar-refractivity contribution in [1.82, 2.24) is 9.97 Å². The number of anilines is 1. The number of fused-ring (bicyclic) bond motifs is 1. The first-order chi connectivity index (χ1) is 10.6. The molecule has 0 atom stereocenters. The molecule has 1 aromatic carbocycles. The summed E-state index contributed by atoms with van der Waals surface area (Å²) in [6.07, 6.45) is 1.65. The average Bonchev–Trinajstić information content (AvgIpc) is 2.54. The zero-order chi connectivity index (χ0) is 15.7. The van der Waals surface area contributed by atoms with Gasteiger partial charge in [-0.25, -0.2) is 9.37 Å². The minimum Gasteiger partial charge on any atom is -0.494 e. The molecule has 3 rings (SSSR count). The second kappa shape index (κ2) is 5.60. The molecule has 0 radical (unpaired) electrons. The van der Waals surface area contributed by atoms with Crippen LogP contribution >= 0.6 is 0 Å². The molecule has 2 heterocycles. The number of aromatic nitrogens is 2. The fraction of sp³-hybridized carbons (Fsp3) is 0.176. The smallest absolute Gasteiger partial charge is 0.172 e. The van der Waals surface area contributed by atoms with Gasteiger partial charge in [-0.2, -0.15) is 0 Å². The quantitative estimate of drug-likeness (QED) is 0.741. The lowest BCUT2D eigenvalue weighted by Gasteiger charge is -2.12. The van der Waals surface area contributed by atoms with E-state index in [4.69, 9.17) is 4.74 Å². The maximum atomic E-state index is 14.4. The van der Waals surface area contributed by atoms with Gasteiger partial charge in [0.05, 0.1) is 18.1 Å². The Labute approximate surface area is 128 Å². The van der Waals surface area contributed by atoms with Crippen molar-refractivity contribution in [2.45, 2.75) is 0 Å². The summed E-state index contributed by atoms with van der Waals surface area (Å²) in [5.74, 6) is 0.653. The van der Waals surface area contributed by atoms with Gasteiger partial charge in [-0.3, -0.25) is 4.98 Å². The lowest BCUT2D eigenvalue weighted by atomic mass is 10.1. The highest BCUT2D eigenvalue weighted by Gasteiger charge is 2.12. The van der Waals surface area contributed by atoms with Crippen molar-refractivity contribution in [2.24, 2.45) is 0 Å². The molecule has 0 fully saturated rings. The van der Waals surface area contributed by atoms with Crippen LogP contribution in [0.15, 0.2) is 42.6 Å². The van der Waals surface area contributed by atoms with E-state index in [1.807, 2.05) is 37.2 Å². The lowest BCUT2D eigenvalue weighted by molar-refractivity contribution is 0.387. The number of methoxy groups -OCH3 is 1. The highest BCUT2D eigenvalue weighted by atomic mass is 19.1. The third kappa shape index (κ3) is 2.45. The first kappa shape index (κ1) is 14.3. The summed E-state index contributed by atoms with van der Waals surface area (Å²) in [7, 11) is 5.30. The van der Waals surface area contributed by atoms with E-state index in [1.54, 1.807) is 24.4 Å². The highest BCUT2D eigenvalue weighted by Crippen LogP contribution is 2.30. The third-order valence-electron chi connectivity index (χ3n) is 3.48. The van der Waals surface area contributed by atoms with Crippen LogP contribution in [0.3, 0.4) is 0 Å². The van der Waals surface area contributed by atoms with Crippen molar-refractivity contribution in [3.05, 3.63) is 48.4 Å². The van der Waals surface area contributed by atoms with Crippen LogP contribution in [0.1, 0.15) is 0 Å². The molecule has 0 aliphatic carbocycles. The van der Waals surface area contributed by atoms with Crippen LogP contribution in [0.2, 0.25) is 0 Å². The highest BCUT2D eigenvalue weighted by molar-refractivity contribution is 5.82. The molecule has 4 nitrogen and oxygen atoms in total. The van der Waals surface area contributed by atoms with Crippen LogP contribution < -0.4 is 9.64 Å². The van der Waals surface area contributed by atoms with Crippen LogP contribution in [0, 0.1) is 5.82 Å². The van der Waals surface area contributed by atoms with Crippen molar-refractivity contribution >= 4 is 16.9 Å². The molecule has 0 aliphatic rings. The molecule has 0 saturated carbocycles. The molecule has 0 bridgehead atoms. The molecule has 0 amide bonds. The lowest BCUT2D eigenvalue weighted by Crippen LogP contribution is -2.10. The van der Waals surface area contributed by atoms with Crippen molar-refractivity contribution in [3.8, 4) is 16.9 Å². The third-order valence-corrected chi connectivity index (χ3v) is 3.48. The average molecular weight is 297 g/mol. The fourth-order valence-corrected chi connectivity index (χ4v) is 2.28. The van der Waals surface area contributed by atoms with Gasteiger partial charge in [0.25, 0.3) is 0 Å². The summed E-state index contributed by atoms with van der Waals surface area (Å²) >= 11 is 0. The topological polar surface area (TPSA) is 38.2 Å².